The van der Waals surface area contributed by atoms with Gasteiger partial charge < -0.3 is 0 Å². The first-order valence-corrected chi connectivity index (χ1v) is 6.64. The van der Waals surface area contributed by atoms with Crippen molar-refractivity contribution in [2.24, 2.45) is 0 Å². The van der Waals surface area contributed by atoms with Crippen LogP contribution in [0, 0.1) is 17.7 Å². The molecule has 0 aliphatic rings. The maximum Gasteiger partial charge on any atom is 0.123 e. The summed E-state index contributed by atoms with van der Waals surface area (Å²) in [6.07, 6.45) is 3.50. The number of benzene rings is 2. The van der Waals surface area contributed by atoms with E-state index < -0.39 is 0 Å². The Morgan fingerprint density at radius 2 is 1.68 bits per heavy atom. The molecule has 0 saturated carbocycles. The predicted molar refractivity (Wildman–Crippen MR) is 77.4 cm³/mol. The normalized spacial score (nSPS) is 9.79. The Kier molecular flexibility index (Phi) is 4.75. The molecule has 19 heavy (non-hydrogen) atoms. The van der Waals surface area contributed by atoms with Crippen LogP contribution in [0.15, 0.2) is 48.5 Å². The lowest BCUT2D eigenvalue weighted by molar-refractivity contribution is 0.627. The van der Waals surface area contributed by atoms with Crippen LogP contribution in [0.25, 0.3) is 0 Å². The van der Waals surface area contributed by atoms with Gasteiger partial charge in [0.15, 0.2) is 0 Å². The summed E-state index contributed by atoms with van der Waals surface area (Å²) >= 11 is 0. The van der Waals surface area contributed by atoms with Gasteiger partial charge >= 0.3 is 0 Å². The van der Waals surface area contributed by atoms with Crippen molar-refractivity contribution < 1.29 is 4.39 Å². The second-order valence-corrected chi connectivity index (χ2v) is 4.56. The molecule has 0 heterocycles. The van der Waals surface area contributed by atoms with Gasteiger partial charge in [0.2, 0.25) is 0 Å². The van der Waals surface area contributed by atoms with E-state index in [2.05, 4.69) is 30.9 Å². The van der Waals surface area contributed by atoms with Crippen LogP contribution in [0.5, 0.6) is 0 Å². The summed E-state index contributed by atoms with van der Waals surface area (Å²) in [5.41, 5.74) is 3.17. The van der Waals surface area contributed by atoms with Crippen LogP contribution >= 0.6 is 0 Å². The SMILES string of the molecule is CCCCc1cccc(C#Cc2ccc(F)cc2)c1. The molecule has 0 radical (unpaired) electrons. The van der Waals surface area contributed by atoms with Crippen LogP contribution in [0.3, 0.4) is 0 Å². The van der Waals surface area contributed by atoms with Crippen molar-refractivity contribution in [1.82, 2.24) is 0 Å². The lowest BCUT2D eigenvalue weighted by Crippen LogP contribution is -1.85. The Morgan fingerprint density at radius 3 is 2.42 bits per heavy atom. The van der Waals surface area contributed by atoms with Gasteiger partial charge in [-0.05, 0) is 54.8 Å². The second kappa shape index (κ2) is 6.75. The molecule has 0 N–H and O–H groups in total. The monoisotopic (exact) mass is 252 g/mol. The van der Waals surface area contributed by atoms with E-state index >= 15 is 0 Å². The highest BCUT2D eigenvalue weighted by atomic mass is 19.1. The van der Waals surface area contributed by atoms with Gasteiger partial charge in [-0.3, -0.25) is 0 Å². The molecule has 2 rings (SSSR count). The second-order valence-electron chi connectivity index (χ2n) is 4.56. The topological polar surface area (TPSA) is 0 Å². The summed E-state index contributed by atoms with van der Waals surface area (Å²) in [6, 6.07) is 14.6. The minimum Gasteiger partial charge on any atom is -0.207 e. The number of halogens is 1. The number of hydrogen-bond acceptors (Lipinski definition) is 0. The third-order valence-corrected chi connectivity index (χ3v) is 2.94. The molecule has 0 amide bonds. The van der Waals surface area contributed by atoms with E-state index in [0.717, 1.165) is 17.5 Å². The van der Waals surface area contributed by atoms with Gasteiger partial charge in [-0.2, -0.15) is 0 Å². The lowest BCUT2D eigenvalue weighted by atomic mass is 10.1. The fourth-order valence-corrected chi connectivity index (χ4v) is 1.86. The van der Waals surface area contributed by atoms with Crippen LogP contribution in [0.1, 0.15) is 36.5 Å². The van der Waals surface area contributed by atoms with E-state index in [-0.39, 0.29) is 5.82 Å². The first kappa shape index (κ1) is 13.4. The molecule has 0 bridgehead atoms. The molecule has 0 aliphatic heterocycles. The molecule has 0 aromatic heterocycles. The molecule has 0 nitrogen and oxygen atoms in total. The minimum atomic E-state index is -0.230. The molecule has 2 aromatic rings. The molecule has 0 spiro atoms. The van der Waals surface area contributed by atoms with Crippen molar-refractivity contribution in [3.63, 3.8) is 0 Å². The summed E-state index contributed by atoms with van der Waals surface area (Å²) in [7, 11) is 0. The van der Waals surface area contributed by atoms with Crippen LogP contribution in [-0.2, 0) is 6.42 Å². The summed E-state index contributed by atoms with van der Waals surface area (Å²) in [5, 5.41) is 0. The molecule has 0 atom stereocenters. The van der Waals surface area contributed by atoms with E-state index in [4.69, 9.17) is 0 Å². The summed E-state index contributed by atoms with van der Waals surface area (Å²) in [5.74, 6) is 5.95. The average molecular weight is 252 g/mol. The Labute approximate surface area is 114 Å². The number of hydrogen-bond donors (Lipinski definition) is 0. The molecule has 1 heteroatoms. The van der Waals surface area contributed by atoms with E-state index in [9.17, 15) is 4.39 Å². The zero-order valence-electron chi connectivity index (χ0n) is 11.1. The first-order chi connectivity index (χ1) is 9.28. The lowest BCUT2D eigenvalue weighted by Gasteiger charge is -1.99. The fourth-order valence-electron chi connectivity index (χ4n) is 1.86. The number of aryl methyl sites for hydroxylation is 1. The fraction of sp³-hybridized carbons (Fsp3) is 0.222. The van der Waals surface area contributed by atoms with E-state index in [0.29, 0.717) is 0 Å². The van der Waals surface area contributed by atoms with Crippen molar-refractivity contribution in [3.05, 3.63) is 71.0 Å². The Balaban J connectivity index is 2.13. The Bertz CT molecular complexity index is 585. The smallest absolute Gasteiger partial charge is 0.123 e. The van der Waals surface area contributed by atoms with E-state index in [1.54, 1.807) is 12.1 Å². The maximum atomic E-state index is 12.8. The highest BCUT2D eigenvalue weighted by Gasteiger charge is 1.94. The molecule has 2 aromatic carbocycles. The Hall–Kier alpha value is -2.07. The zero-order valence-corrected chi connectivity index (χ0v) is 11.1. The molecule has 96 valence electrons. The minimum absolute atomic E-state index is 0.230. The van der Waals surface area contributed by atoms with Crippen LogP contribution in [-0.4, -0.2) is 0 Å². The van der Waals surface area contributed by atoms with Gasteiger partial charge in [0.25, 0.3) is 0 Å². The third kappa shape index (κ3) is 4.26. The van der Waals surface area contributed by atoms with Crippen molar-refractivity contribution in [3.8, 4) is 11.8 Å². The third-order valence-electron chi connectivity index (χ3n) is 2.94. The molecular weight excluding hydrogens is 235 g/mol. The molecule has 0 fully saturated rings. The summed E-state index contributed by atoms with van der Waals surface area (Å²) in [6.45, 7) is 2.19. The maximum absolute atomic E-state index is 12.8. The van der Waals surface area contributed by atoms with E-state index in [1.165, 1.54) is 30.5 Å². The highest BCUT2D eigenvalue weighted by molar-refractivity contribution is 5.43. The largest absolute Gasteiger partial charge is 0.207 e. The number of unbranched alkanes of at least 4 members (excludes halogenated alkanes) is 1. The van der Waals surface area contributed by atoms with Gasteiger partial charge in [-0.1, -0.05) is 37.3 Å². The molecule has 0 aliphatic carbocycles. The summed E-state index contributed by atoms with van der Waals surface area (Å²) in [4.78, 5) is 0. The van der Waals surface area contributed by atoms with Crippen molar-refractivity contribution in [1.29, 1.82) is 0 Å². The van der Waals surface area contributed by atoms with Gasteiger partial charge in [0.1, 0.15) is 5.82 Å². The number of rotatable bonds is 3. The first-order valence-electron chi connectivity index (χ1n) is 6.64. The van der Waals surface area contributed by atoms with Gasteiger partial charge in [0, 0.05) is 11.1 Å². The molecule has 0 saturated heterocycles. The predicted octanol–water partition coefficient (Wildman–Crippen LogP) is 4.57. The quantitative estimate of drug-likeness (QED) is 0.702. The van der Waals surface area contributed by atoms with Crippen LogP contribution in [0.4, 0.5) is 4.39 Å². The zero-order chi connectivity index (χ0) is 13.5. The van der Waals surface area contributed by atoms with Crippen LogP contribution in [0.2, 0.25) is 0 Å². The van der Waals surface area contributed by atoms with Gasteiger partial charge in [-0.25, -0.2) is 4.39 Å². The van der Waals surface area contributed by atoms with E-state index in [1.807, 2.05) is 12.1 Å². The molecule has 0 unspecified atom stereocenters. The highest BCUT2D eigenvalue weighted by Crippen LogP contribution is 2.08. The van der Waals surface area contributed by atoms with Gasteiger partial charge in [0.05, 0.1) is 0 Å². The van der Waals surface area contributed by atoms with Gasteiger partial charge in [-0.15, -0.1) is 0 Å². The summed E-state index contributed by atoms with van der Waals surface area (Å²) < 4.78 is 12.8. The average Bonchev–Trinajstić information content (AvgIpc) is 2.45. The van der Waals surface area contributed by atoms with Crippen molar-refractivity contribution >= 4 is 0 Å². The standard InChI is InChI=1S/C18H17F/c1-2-3-5-16-6-4-7-17(14-16)9-8-15-10-12-18(19)13-11-15/h4,6-7,10-14H,2-3,5H2,1H3. The van der Waals surface area contributed by atoms with Crippen molar-refractivity contribution in [2.75, 3.05) is 0 Å². The van der Waals surface area contributed by atoms with Crippen molar-refractivity contribution in [2.45, 2.75) is 26.2 Å². The Morgan fingerprint density at radius 1 is 0.947 bits per heavy atom. The molecular formula is C18H17F. The van der Waals surface area contributed by atoms with Crippen LogP contribution < -0.4 is 0 Å².